The van der Waals surface area contributed by atoms with Gasteiger partial charge in [-0.15, -0.1) is 11.3 Å². The monoisotopic (exact) mass is 269 g/mol. The van der Waals surface area contributed by atoms with Gasteiger partial charge < -0.3 is 10.0 Å². The van der Waals surface area contributed by atoms with E-state index in [-0.39, 0.29) is 19.1 Å². The first-order valence-electron chi connectivity index (χ1n) is 5.71. The Morgan fingerprint density at radius 3 is 2.72 bits per heavy atom. The van der Waals surface area contributed by atoms with Gasteiger partial charge in [-0.3, -0.25) is 10.1 Å². The minimum Gasteiger partial charge on any atom is -0.481 e. The number of nitrogens with zero attached hydrogens (tertiary/aromatic N) is 2. The summed E-state index contributed by atoms with van der Waals surface area (Å²) in [5.41, 5.74) is 0.947. The van der Waals surface area contributed by atoms with Crippen molar-refractivity contribution in [2.45, 2.75) is 19.8 Å². The van der Waals surface area contributed by atoms with Crippen LogP contribution in [-0.4, -0.2) is 40.1 Å². The van der Waals surface area contributed by atoms with Crippen LogP contribution in [0, 0.1) is 5.92 Å². The van der Waals surface area contributed by atoms with Gasteiger partial charge in [0.05, 0.1) is 11.6 Å². The van der Waals surface area contributed by atoms with Crippen LogP contribution in [0.15, 0.2) is 5.38 Å². The van der Waals surface area contributed by atoms with Gasteiger partial charge in [0.15, 0.2) is 5.13 Å². The maximum absolute atomic E-state index is 11.7. The SMILES string of the molecule is CC(C)c1csc(NC(=O)N2CC(C(=O)O)C2)n1. The van der Waals surface area contributed by atoms with Crippen molar-refractivity contribution in [2.75, 3.05) is 18.4 Å². The van der Waals surface area contributed by atoms with Crippen LogP contribution >= 0.6 is 11.3 Å². The smallest absolute Gasteiger partial charge is 0.323 e. The Hall–Kier alpha value is -1.63. The highest BCUT2D eigenvalue weighted by Crippen LogP contribution is 2.23. The summed E-state index contributed by atoms with van der Waals surface area (Å²) in [6, 6.07) is -0.280. The van der Waals surface area contributed by atoms with Gasteiger partial charge in [-0.25, -0.2) is 9.78 Å². The second kappa shape index (κ2) is 4.93. The molecule has 0 saturated carbocycles. The van der Waals surface area contributed by atoms with E-state index in [1.54, 1.807) is 0 Å². The zero-order chi connectivity index (χ0) is 13.3. The fourth-order valence-corrected chi connectivity index (χ4v) is 2.44. The molecule has 1 fully saturated rings. The zero-order valence-corrected chi connectivity index (χ0v) is 11.0. The van der Waals surface area contributed by atoms with Gasteiger partial charge in [0.25, 0.3) is 0 Å². The van der Waals surface area contributed by atoms with Gasteiger partial charge in [-0.05, 0) is 5.92 Å². The molecule has 1 aliphatic rings. The Morgan fingerprint density at radius 2 is 2.22 bits per heavy atom. The molecule has 1 aromatic rings. The first kappa shape index (κ1) is 12.8. The molecule has 0 spiro atoms. The zero-order valence-electron chi connectivity index (χ0n) is 10.2. The predicted molar refractivity (Wildman–Crippen MR) is 67.9 cm³/mol. The number of nitrogens with one attached hydrogen (secondary N) is 1. The highest BCUT2D eigenvalue weighted by atomic mass is 32.1. The van der Waals surface area contributed by atoms with Crippen molar-refractivity contribution >= 4 is 28.5 Å². The molecule has 2 amide bonds. The highest BCUT2D eigenvalue weighted by molar-refractivity contribution is 7.13. The maximum atomic E-state index is 11.7. The molecule has 0 radical (unpaired) electrons. The van der Waals surface area contributed by atoms with Crippen molar-refractivity contribution < 1.29 is 14.7 Å². The third kappa shape index (κ3) is 2.61. The summed E-state index contributed by atoms with van der Waals surface area (Å²) in [6.07, 6.45) is 0. The number of carboxylic acids is 1. The predicted octanol–water partition coefficient (Wildman–Crippen LogP) is 1.81. The number of aromatic nitrogens is 1. The summed E-state index contributed by atoms with van der Waals surface area (Å²) in [4.78, 5) is 28.1. The Labute approximate surface area is 109 Å². The molecule has 98 valence electrons. The summed E-state index contributed by atoms with van der Waals surface area (Å²) in [5.74, 6) is -0.957. The van der Waals surface area contributed by atoms with E-state index in [0.29, 0.717) is 11.0 Å². The van der Waals surface area contributed by atoms with Crippen LogP contribution in [0.1, 0.15) is 25.5 Å². The molecule has 18 heavy (non-hydrogen) atoms. The van der Waals surface area contributed by atoms with Crippen LogP contribution < -0.4 is 5.32 Å². The summed E-state index contributed by atoms with van der Waals surface area (Å²) in [7, 11) is 0. The number of carbonyl (C=O) groups is 2. The van der Waals surface area contributed by atoms with E-state index >= 15 is 0 Å². The molecule has 2 rings (SSSR count). The summed E-state index contributed by atoms with van der Waals surface area (Å²) >= 11 is 1.38. The maximum Gasteiger partial charge on any atom is 0.323 e. The van der Waals surface area contributed by atoms with Crippen molar-refractivity contribution in [1.82, 2.24) is 9.88 Å². The molecule has 0 aliphatic carbocycles. The van der Waals surface area contributed by atoms with Gasteiger partial charge in [0, 0.05) is 18.5 Å². The van der Waals surface area contributed by atoms with Gasteiger partial charge in [-0.2, -0.15) is 0 Å². The number of rotatable bonds is 3. The van der Waals surface area contributed by atoms with Gasteiger partial charge >= 0.3 is 12.0 Å². The minimum absolute atomic E-state index is 0.267. The summed E-state index contributed by atoms with van der Waals surface area (Å²) in [5, 5.41) is 13.9. The number of anilines is 1. The molecule has 7 heteroatoms. The number of carbonyl (C=O) groups excluding carboxylic acids is 1. The highest BCUT2D eigenvalue weighted by Gasteiger charge is 2.35. The van der Waals surface area contributed by atoms with E-state index in [9.17, 15) is 9.59 Å². The molecule has 0 aromatic carbocycles. The molecule has 0 atom stereocenters. The molecule has 0 bridgehead atoms. The molecular formula is C11H15N3O3S. The fourth-order valence-electron chi connectivity index (χ4n) is 1.58. The number of amides is 2. The molecule has 1 aromatic heterocycles. The number of carboxylic acid groups (broad SMARTS) is 1. The molecule has 2 N–H and O–H groups in total. The molecule has 0 unspecified atom stereocenters. The quantitative estimate of drug-likeness (QED) is 0.876. The van der Waals surface area contributed by atoms with Gasteiger partial charge in [0.2, 0.25) is 0 Å². The second-order valence-corrected chi connectivity index (χ2v) is 5.46. The van der Waals surface area contributed by atoms with Crippen LogP contribution in [0.2, 0.25) is 0 Å². The Balaban J connectivity index is 1.86. The Kier molecular flexibility index (Phi) is 3.51. The summed E-state index contributed by atoms with van der Waals surface area (Å²) in [6.45, 7) is 4.61. The molecule has 1 saturated heterocycles. The lowest BCUT2D eigenvalue weighted by Gasteiger charge is -2.36. The topological polar surface area (TPSA) is 82.5 Å². The molecule has 2 heterocycles. The second-order valence-electron chi connectivity index (χ2n) is 4.60. The van der Waals surface area contributed by atoms with Crippen LogP contribution in [0.5, 0.6) is 0 Å². The largest absolute Gasteiger partial charge is 0.481 e. The number of aliphatic carboxylic acids is 1. The first-order valence-corrected chi connectivity index (χ1v) is 6.59. The third-order valence-electron chi connectivity index (χ3n) is 2.85. The molecule has 1 aliphatic heterocycles. The lowest BCUT2D eigenvalue weighted by Crippen LogP contribution is -2.54. The first-order chi connectivity index (χ1) is 8.47. The van der Waals surface area contributed by atoms with Crippen LogP contribution in [0.3, 0.4) is 0 Å². The van der Waals surface area contributed by atoms with E-state index in [1.165, 1.54) is 16.2 Å². The van der Waals surface area contributed by atoms with Crippen molar-refractivity contribution in [3.63, 3.8) is 0 Å². The van der Waals surface area contributed by atoms with E-state index < -0.39 is 11.9 Å². The molecular weight excluding hydrogens is 254 g/mol. The van der Waals surface area contributed by atoms with Crippen LogP contribution in [0.25, 0.3) is 0 Å². The van der Waals surface area contributed by atoms with Gasteiger partial charge in [0.1, 0.15) is 0 Å². The standard InChI is InChI=1S/C11H15N3O3S/c1-6(2)8-5-18-10(12-8)13-11(17)14-3-7(4-14)9(15)16/h5-7H,3-4H2,1-2H3,(H,15,16)(H,12,13,17). The third-order valence-corrected chi connectivity index (χ3v) is 3.62. The van der Waals surface area contributed by atoms with E-state index in [2.05, 4.69) is 10.3 Å². The number of thiazole rings is 1. The van der Waals surface area contributed by atoms with Gasteiger partial charge in [-0.1, -0.05) is 13.8 Å². The number of urea groups is 1. The van der Waals surface area contributed by atoms with Crippen LogP contribution in [-0.2, 0) is 4.79 Å². The number of hydrogen-bond acceptors (Lipinski definition) is 4. The van der Waals surface area contributed by atoms with Crippen molar-refractivity contribution in [2.24, 2.45) is 5.92 Å². The Bertz CT molecular complexity index is 466. The van der Waals surface area contributed by atoms with E-state index in [1.807, 2.05) is 19.2 Å². The Morgan fingerprint density at radius 1 is 1.56 bits per heavy atom. The fraction of sp³-hybridized carbons (Fsp3) is 0.545. The van der Waals surface area contributed by atoms with E-state index in [0.717, 1.165) is 5.69 Å². The van der Waals surface area contributed by atoms with Crippen molar-refractivity contribution in [1.29, 1.82) is 0 Å². The van der Waals surface area contributed by atoms with Crippen molar-refractivity contribution in [3.05, 3.63) is 11.1 Å². The lowest BCUT2D eigenvalue weighted by molar-refractivity contribution is -0.145. The van der Waals surface area contributed by atoms with Crippen molar-refractivity contribution in [3.8, 4) is 0 Å². The molecule has 6 nitrogen and oxygen atoms in total. The minimum atomic E-state index is -0.851. The number of likely N-dealkylation sites (tertiary alicyclic amines) is 1. The normalized spacial score (nSPS) is 15.6. The van der Waals surface area contributed by atoms with Crippen LogP contribution in [0.4, 0.5) is 9.93 Å². The average molecular weight is 269 g/mol. The average Bonchev–Trinajstić information content (AvgIpc) is 2.62. The number of hydrogen-bond donors (Lipinski definition) is 2. The van der Waals surface area contributed by atoms with E-state index in [4.69, 9.17) is 5.11 Å². The lowest BCUT2D eigenvalue weighted by atomic mass is 10.0. The summed E-state index contributed by atoms with van der Waals surface area (Å²) < 4.78 is 0.